The molecule has 2 N–H and O–H groups in total. The normalized spacial score (nSPS) is 11.8. The molecule has 0 amide bonds. The summed E-state index contributed by atoms with van der Waals surface area (Å²) in [6.07, 6.45) is 4.12. The highest BCUT2D eigenvalue weighted by atomic mass is 127. The number of hydrogen-bond donors (Lipinski definition) is 2. The highest BCUT2D eigenvalue weighted by molar-refractivity contribution is 14.0. The van der Waals surface area contributed by atoms with Crippen LogP contribution in [0.25, 0.3) is 0 Å². The van der Waals surface area contributed by atoms with E-state index in [9.17, 15) is 4.39 Å². The molecule has 0 saturated heterocycles. The van der Waals surface area contributed by atoms with E-state index in [-0.39, 0.29) is 34.5 Å². The Kier molecular flexibility index (Phi) is 11.3. The van der Waals surface area contributed by atoms with E-state index in [0.717, 1.165) is 29.4 Å². The molecular weight excluding hydrogens is 444 g/mol. The van der Waals surface area contributed by atoms with E-state index >= 15 is 0 Å². The van der Waals surface area contributed by atoms with E-state index in [1.54, 1.807) is 24.9 Å². The molecule has 0 aliphatic heterocycles. The van der Waals surface area contributed by atoms with Crippen molar-refractivity contribution in [3.8, 4) is 0 Å². The van der Waals surface area contributed by atoms with Crippen LogP contribution >= 0.6 is 47.5 Å². The van der Waals surface area contributed by atoms with Gasteiger partial charge in [0, 0.05) is 30.6 Å². The lowest BCUT2D eigenvalue weighted by Crippen LogP contribution is -2.43. The van der Waals surface area contributed by atoms with Crippen molar-refractivity contribution < 1.29 is 4.39 Å². The first-order chi connectivity index (χ1) is 10.4. The van der Waals surface area contributed by atoms with Crippen LogP contribution in [0.3, 0.4) is 0 Å². The van der Waals surface area contributed by atoms with Crippen LogP contribution in [0.15, 0.2) is 23.2 Å². The summed E-state index contributed by atoms with van der Waals surface area (Å²) < 4.78 is 13.5. The Labute approximate surface area is 165 Å². The quantitative estimate of drug-likeness (QED) is 0.357. The van der Waals surface area contributed by atoms with Crippen LogP contribution in [0.2, 0.25) is 0 Å². The summed E-state index contributed by atoms with van der Waals surface area (Å²) in [7, 11) is 1.76. The van der Waals surface area contributed by atoms with Crippen LogP contribution in [-0.2, 0) is 12.3 Å². The predicted octanol–water partition coefficient (Wildman–Crippen LogP) is 4.11. The number of rotatable bonds is 7. The summed E-state index contributed by atoms with van der Waals surface area (Å²) in [6, 6.07) is 4.96. The number of thioether (sulfide) groups is 2. The zero-order valence-electron chi connectivity index (χ0n) is 14.4. The third kappa shape index (κ3) is 8.49. The summed E-state index contributed by atoms with van der Waals surface area (Å²) in [5, 5.41) is 6.63. The van der Waals surface area contributed by atoms with Gasteiger partial charge >= 0.3 is 0 Å². The van der Waals surface area contributed by atoms with Gasteiger partial charge in [-0.15, -0.1) is 24.0 Å². The zero-order chi connectivity index (χ0) is 16.6. The van der Waals surface area contributed by atoms with Crippen molar-refractivity contribution in [1.29, 1.82) is 0 Å². The van der Waals surface area contributed by atoms with E-state index in [4.69, 9.17) is 0 Å². The van der Waals surface area contributed by atoms with Gasteiger partial charge in [0.2, 0.25) is 0 Å². The number of nitrogens with zero attached hydrogens (tertiary/aromatic N) is 1. The summed E-state index contributed by atoms with van der Waals surface area (Å²) in [5.41, 5.74) is 2.13. The second-order valence-electron chi connectivity index (χ2n) is 5.59. The first kappa shape index (κ1) is 22.9. The second-order valence-corrected chi connectivity index (χ2v) is 7.97. The fraction of sp³-hybridized carbons (Fsp3) is 0.562. The lowest BCUT2D eigenvalue weighted by atomic mass is 10.1. The molecule has 1 aromatic carbocycles. The number of guanidine groups is 1. The Bertz CT molecular complexity index is 510. The summed E-state index contributed by atoms with van der Waals surface area (Å²) >= 11 is 3.51. The van der Waals surface area contributed by atoms with E-state index in [1.807, 2.05) is 24.1 Å². The molecular formula is C16H27FIN3S2. The van der Waals surface area contributed by atoms with Gasteiger partial charge in [-0.05, 0) is 49.6 Å². The number of benzene rings is 1. The molecule has 0 saturated carbocycles. The Hall–Kier alpha value is -0.150. The van der Waals surface area contributed by atoms with Gasteiger partial charge in [-0.25, -0.2) is 4.39 Å². The molecule has 7 heteroatoms. The average molecular weight is 471 g/mol. The topological polar surface area (TPSA) is 36.4 Å². The average Bonchev–Trinajstić information content (AvgIpc) is 2.49. The van der Waals surface area contributed by atoms with Crippen molar-refractivity contribution in [2.24, 2.45) is 4.99 Å². The van der Waals surface area contributed by atoms with Crippen LogP contribution in [0.1, 0.15) is 25.0 Å². The number of aliphatic imine (C=N–C) groups is 1. The van der Waals surface area contributed by atoms with Crippen molar-refractivity contribution >= 4 is 53.5 Å². The predicted molar refractivity (Wildman–Crippen MR) is 115 cm³/mol. The molecule has 0 radical (unpaired) electrons. The maximum Gasteiger partial charge on any atom is 0.191 e. The number of halogens is 2. The summed E-state index contributed by atoms with van der Waals surface area (Å²) in [5.74, 6) is 1.39. The number of nitrogens with one attached hydrogen (secondary N) is 2. The van der Waals surface area contributed by atoms with Crippen molar-refractivity contribution in [3.63, 3.8) is 0 Å². The zero-order valence-corrected chi connectivity index (χ0v) is 18.4. The third-order valence-corrected chi connectivity index (χ3v) is 5.22. The highest BCUT2D eigenvalue weighted by Gasteiger charge is 2.16. The lowest BCUT2D eigenvalue weighted by Gasteiger charge is -2.24. The monoisotopic (exact) mass is 471 g/mol. The lowest BCUT2D eigenvalue weighted by molar-refractivity contribution is 0.624. The maximum atomic E-state index is 13.4. The minimum Gasteiger partial charge on any atom is -0.355 e. The molecule has 0 aromatic heterocycles. The molecule has 0 atom stereocenters. The standard InChI is InChI=1S/C16H26FN3S2.HI/c1-16(2,22-5)11-20-15(18-3)19-9-12-6-7-14(17)8-13(12)10-21-4;/h6-8H,9-11H2,1-5H3,(H2,18,19,20);1H. The van der Waals surface area contributed by atoms with Gasteiger partial charge < -0.3 is 10.6 Å². The Morgan fingerprint density at radius 2 is 1.91 bits per heavy atom. The molecule has 1 aromatic rings. The van der Waals surface area contributed by atoms with E-state index in [0.29, 0.717) is 6.54 Å². The molecule has 1 rings (SSSR count). The van der Waals surface area contributed by atoms with Gasteiger partial charge in [-0.3, -0.25) is 4.99 Å². The van der Waals surface area contributed by atoms with Crippen LogP contribution in [-0.4, -0.2) is 36.8 Å². The fourth-order valence-electron chi connectivity index (χ4n) is 1.83. The summed E-state index contributed by atoms with van der Waals surface area (Å²) in [4.78, 5) is 4.24. The molecule has 23 heavy (non-hydrogen) atoms. The minimum absolute atomic E-state index is 0. The molecule has 3 nitrogen and oxygen atoms in total. The minimum atomic E-state index is -0.183. The van der Waals surface area contributed by atoms with Gasteiger partial charge in [-0.1, -0.05) is 6.07 Å². The Balaban J connectivity index is 0.00000484. The molecule has 0 aliphatic carbocycles. The van der Waals surface area contributed by atoms with Crippen LogP contribution in [0, 0.1) is 5.82 Å². The molecule has 0 aliphatic rings. The Morgan fingerprint density at radius 1 is 1.22 bits per heavy atom. The smallest absolute Gasteiger partial charge is 0.191 e. The van der Waals surface area contributed by atoms with Gasteiger partial charge in [0.25, 0.3) is 0 Å². The van der Waals surface area contributed by atoms with Gasteiger partial charge in [0.1, 0.15) is 5.82 Å². The third-order valence-electron chi connectivity index (χ3n) is 3.37. The largest absolute Gasteiger partial charge is 0.355 e. The molecule has 132 valence electrons. The van der Waals surface area contributed by atoms with E-state index in [1.165, 1.54) is 6.07 Å². The van der Waals surface area contributed by atoms with Crippen molar-refractivity contribution in [2.75, 3.05) is 26.1 Å². The van der Waals surface area contributed by atoms with Gasteiger partial charge in [0.15, 0.2) is 5.96 Å². The molecule has 0 unspecified atom stereocenters. The SMILES string of the molecule is CN=C(NCc1ccc(F)cc1CSC)NCC(C)(C)SC.I. The van der Waals surface area contributed by atoms with Crippen LogP contribution in [0.4, 0.5) is 4.39 Å². The molecule has 0 fully saturated rings. The summed E-state index contributed by atoms with van der Waals surface area (Å²) in [6.45, 7) is 5.84. The first-order valence-corrected chi connectivity index (χ1v) is 9.79. The second kappa shape index (κ2) is 11.4. The molecule has 0 heterocycles. The van der Waals surface area contributed by atoms with Crippen molar-refractivity contribution in [1.82, 2.24) is 10.6 Å². The van der Waals surface area contributed by atoms with Gasteiger partial charge in [-0.2, -0.15) is 23.5 Å². The maximum absolute atomic E-state index is 13.4. The molecule has 0 spiro atoms. The highest BCUT2D eigenvalue weighted by Crippen LogP contribution is 2.19. The van der Waals surface area contributed by atoms with E-state index in [2.05, 4.69) is 35.7 Å². The van der Waals surface area contributed by atoms with Crippen molar-refractivity contribution in [3.05, 3.63) is 35.1 Å². The van der Waals surface area contributed by atoms with E-state index < -0.39 is 0 Å². The Morgan fingerprint density at radius 3 is 2.48 bits per heavy atom. The first-order valence-electron chi connectivity index (χ1n) is 7.17. The number of hydrogen-bond acceptors (Lipinski definition) is 3. The van der Waals surface area contributed by atoms with Crippen LogP contribution < -0.4 is 10.6 Å². The van der Waals surface area contributed by atoms with Crippen molar-refractivity contribution in [2.45, 2.75) is 30.9 Å². The molecule has 0 bridgehead atoms. The van der Waals surface area contributed by atoms with Gasteiger partial charge in [0.05, 0.1) is 0 Å². The van der Waals surface area contributed by atoms with Crippen LogP contribution in [0.5, 0.6) is 0 Å². The fourth-order valence-corrected chi connectivity index (χ4v) is 2.62.